The van der Waals surface area contributed by atoms with E-state index in [2.05, 4.69) is 18.8 Å². The Kier molecular flexibility index (Phi) is 3.84. The molecule has 1 aromatic heterocycles. The SMILES string of the molecule is CC(C)c1ncc([C@@H](O)CCN)s1. The summed E-state index contributed by atoms with van der Waals surface area (Å²) in [7, 11) is 0. The zero-order valence-corrected chi connectivity index (χ0v) is 8.84. The van der Waals surface area contributed by atoms with E-state index < -0.39 is 6.10 Å². The number of rotatable bonds is 4. The second-order valence-electron chi connectivity index (χ2n) is 3.35. The highest BCUT2D eigenvalue weighted by Gasteiger charge is 2.12. The quantitative estimate of drug-likeness (QED) is 0.777. The Morgan fingerprint density at radius 1 is 1.62 bits per heavy atom. The van der Waals surface area contributed by atoms with Crippen molar-refractivity contribution in [1.82, 2.24) is 4.98 Å². The van der Waals surface area contributed by atoms with Crippen molar-refractivity contribution in [3.05, 3.63) is 16.1 Å². The van der Waals surface area contributed by atoms with Crippen LogP contribution in [0, 0.1) is 0 Å². The molecule has 3 N–H and O–H groups in total. The molecule has 0 fully saturated rings. The van der Waals surface area contributed by atoms with Gasteiger partial charge in [-0.1, -0.05) is 13.8 Å². The lowest BCUT2D eigenvalue weighted by Gasteiger charge is -2.04. The Labute approximate surface area is 82.6 Å². The molecular formula is C9H16N2OS. The van der Waals surface area contributed by atoms with Gasteiger partial charge < -0.3 is 10.8 Å². The Morgan fingerprint density at radius 2 is 2.31 bits per heavy atom. The fourth-order valence-electron chi connectivity index (χ4n) is 1.02. The van der Waals surface area contributed by atoms with E-state index in [9.17, 15) is 5.11 Å². The number of nitrogens with zero attached hydrogens (tertiary/aromatic N) is 1. The monoisotopic (exact) mass is 200 g/mol. The van der Waals surface area contributed by atoms with Crippen molar-refractivity contribution >= 4 is 11.3 Å². The normalized spacial score (nSPS) is 13.6. The number of nitrogens with two attached hydrogens (primary N) is 1. The molecule has 0 spiro atoms. The molecule has 1 rings (SSSR count). The van der Waals surface area contributed by atoms with Crippen LogP contribution in [0.25, 0.3) is 0 Å². The Bertz CT molecular complexity index is 260. The van der Waals surface area contributed by atoms with Crippen LogP contribution in [-0.2, 0) is 0 Å². The van der Waals surface area contributed by atoms with Gasteiger partial charge in [0, 0.05) is 12.1 Å². The van der Waals surface area contributed by atoms with Gasteiger partial charge in [0.2, 0.25) is 0 Å². The minimum atomic E-state index is -0.435. The number of hydrogen-bond donors (Lipinski definition) is 2. The average Bonchev–Trinajstić information content (AvgIpc) is 2.52. The average molecular weight is 200 g/mol. The molecule has 74 valence electrons. The molecule has 1 aromatic rings. The summed E-state index contributed by atoms with van der Waals surface area (Å²) in [6, 6.07) is 0. The predicted octanol–water partition coefficient (Wildman–Crippen LogP) is 1.65. The van der Waals surface area contributed by atoms with Crippen LogP contribution in [0.4, 0.5) is 0 Å². The summed E-state index contributed by atoms with van der Waals surface area (Å²) >= 11 is 1.57. The van der Waals surface area contributed by atoms with Crippen molar-refractivity contribution in [2.24, 2.45) is 5.73 Å². The van der Waals surface area contributed by atoms with Crippen LogP contribution in [0.1, 0.15) is 42.2 Å². The maximum atomic E-state index is 9.61. The van der Waals surface area contributed by atoms with Crippen LogP contribution in [0.5, 0.6) is 0 Å². The summed E-state index contributed by atoms with van der Waals surface area (Å²) < 4.78 is 0. The first-order valence-corrected chi connectivity index (χ1v) is 5.30. The molecule has 0 unspecified atom stereocenters. The van der Waals surface area contributed by atoms with Gasteiger partial charge in [-0.15, -0.1) is 11.3 Å². The maximum Gasteiger partial charge on any atom is 0.0954 e. The molecule has 0 aliphatic carbocycles. The van der Waals surface area contributed by atoms with Gasteiger partial charge in [-0.3, -0.25) is 0 Å². The Balaban J connectivity index is 2.67. The first kappa shape index (κ1) is 10.6. The van der Waals surface area contributed by atoms with E-state index in [1.165, 1.54) is 0 Å². The first-order valence-electron chi connectivity index (χ1n) is 4.49. The third kappa shape index (κ3) is 2.76. The van der Waals surface area contributed by atoms with Crippen molar-refractivity contribution in [2.75, 3.05) is 6.54 Å². The van der Waals surface area contributed by atoms with Crippen molar-refractivity contribution in [2.45, 2.75) is 32.3 Å². The van der Waals surface area contributed by atoms with Crippen molar-refractivity contribution in [3.63, 3.8) is 0 Å². The van der Waals surface area contributed by atoms with E-state index in [1.54, 1.807) is 17.5 Å². The van der Waals surface area contributed by atoms with Gasteiger partial charge in [-0.05, 0) is 13.0 Å². The minimum absolute atomic E-state index is 0.434. The molecule has 0 bridgehead atoms. The van der Waals surface area contributed by atoms with Gasteiger partial charge in [0.1, 0.15) is 0 Å². The zero-order valence-electron chi connectivity index (χ0n) is 8.03. The Hall–Kier alpha value is -0.450. The maximum absolute atomic E-state index is 9.61. The lowest BCUT2D eigenvalue weighted by molar-refractivity contribution is 0.174. The number of aromatic nitrogens is 1. The van der Waals surface area contributed by atoms with Crippen LogP contribution >= 0.6 is 11.3 Å². The van der Waals surface area contributed by atoms with Crippen LogP contribution in [-0.4, -0.2) is 16.6 Å². The summed E-state index contributed by atoms with van der Waals surface area (Å²) in [4.78, 5) is 5.16. The summed E-state index contributed by atoms with van der Waals surface area (Å²) in [6.07, 6.45) is 1.93. The van der Waals surface area contributed by atoms with Crippen LogP contribution in [0.15, 0.2) is 6.20 Å². The van der Waals surface area contributed by atoms with E-state index in [0.29, 0.717) is 18.9 Å². The third-order valence-corrected chi connectivity index (χ3v) is 3.20. The molecule has 0 amide bonds. The standard InChI is InChI=1S/C9H16N2OS/c1-6(2)9-11-5-8(13-9)7(12)3-4-10/h5-7,12H,3-4,10H2,1-2H3/t7-/m0/s1. The number of thiazole rings is 1. The minimum Gasteiger partial charge on any atom is -0.387 e. The van der Waals surface area contributed by atoms with Gasteiger partial charge in [0.05, 0.1) is 16.0 Å². The molecule has 0 radical (unpaired) electrons. The Morgan fingerprint density at radius 3 is 2.77 bits per heavy atom. The van der Waals surface area contributed by atoms with E-state index in [-0.39, 0.29) is 0 Å². The van der Waals surface area contributed by atoms with Crippen molar-refractivity contribution < 1.29 is 5.11 Å². The molecule has 1 heterocycles. The summed E-state index contributed by atoms with van der Waals surface area (Å²) in [6.45, 7) is 4.70. The molecule has 0 aromatic carbocycles. The highest BCUT2D eigenvalue weighted by atomic mass is 32.1. The lowest BCUT2D eigenvalue weighted by Crippen LogP contribution is -2.05. The van der Waals surface area contributed by atoms with E-state index >= 15 is 0 Å². The molecule has 0 aliphatic rings. The van der Waals surface area contributed by atoms with Crippen molar-refractivity contribution in [3.8, 4) is 0 Å². The molecular weight excluding hydrogens is 184 g/mol. The number of hydrogen-bond acceptors (Lipinski definition) is 4. The van der Waals surface area contributed by atoms with Crippen LogP contribution in [0.3, 0.4) is 0 Å². The largest absolute Gasteiger partial charge is 0.387 e. The van der Waals surface area contributed by atoms with Gasteiger partial charge in [0.15, 0.2) is 0 Å². The molecule has 0 saturated carbocycles. The first-order chi connectivity index (χ1) is 6.15. The molecule has 0 saturated heterocycles. The second-order valence-corrected chi connectivity index (χ2v) is 4.44. The van der Waals surface area contributed by atoms with Gasteiger partial charge in [-0.25, -0.2) is 4.98 Å². The molecule has 1 atom stereocenters. The molecule has 3 nitrogen and oxygen atoms in total. The number of aliphatic hydroxyl groups is 1. The molecule has 0 aliphatic heterocycles. The van der Waals surface area contributed by atoms with Gasteiger partial charge in [-0.2, -0.15) is 0 Å². The highest BCUT2D eigenvalue weighted by Crippen LogP contribution is 2.26. The fraction of sp³-hybridized carbons (Fsp3) is 0.667. The summed E-state index contributed by atoms with van der Waals surface area (Å²) in [5, 5.41) is 10.7. The van der Waals surface area contributed by atoms with Crippen LogP contribution < -0.4 is 5.73 Å². The summed E-state index contributed by atoms with van der Waals surface area (Å²) in [5.41, 5.74) is 5.36. The van der Waals surface area contributed by atoms with E-state index in [1.807, 2.05) is 0 Å². The topological polar surface area (TPSA) is 59.1 Å². The lowest BCUT2D eigenvalue weighted by atomic mass is 10.2. The second kappa shape index (κ2) is 4.69. The van der Waals surface area contributed by atoms with Gasteiger partial charge >= 0.3 is 0 Å². The van der Waals surface area contributed by atoms with E-state index in [0.717, 1.165) is 9.88 Å². The smallest absolute Gasteiger partial charge is 0.0954 e. The molecule has 13 heavy (non-hydrogen) atoms. The van der Waals surface area contributed by atoms with Crippen LogP contribution in [0.2, 0.25) is 0 Å². The zero-order chi connectivity index (χ0) is 9.84. The van der Waals surface area contributed by atoms with Gasteiger partial charge in [0.25, 0.3) is 0 Å². The van der Waals surface area contributed by atoms with E-state index in [4.69, 9.17) is 5.73 Å². The summed E-state index contributed by atoms with van der Waals surface area (Å²) in [5.74, 6) is 0.434. The predicted molar refractivity (Wildman–Crippen MR) is 54.8 cm³/mol. The third-order valence-electron chi connectivity index (χ3n) is 1.80. The highest BCUT2D eigenvalue weighted by molar-refractivity contribution is 7.11. The molecule has 4 heteroatoms. The van der Waals surface area contributed by atoms with Crippen molar-refractivity contribution in [1.29, 1.82) is 0 Å². The number of aliphatic hydroxyl groups excluding tert-OH is 1. The fourth-order valence-corrected chi connectivity index (χ4v) is 1.96.